The number of hydrogen-bond acceptors (Lipinski definition) is 1. The molecule has 0 saturated carbocycles. The molecule has 0 aromatic heterocycles. The lowest BCUT2D eigenvalue weighted by Gasteiger charge is -2.17. The Balaban J connectivity index is 2.57. The summed E-state index contributed by atoms with van der Waals surface area (Å²) >= 11 is 0. The van der Waals surface area contributed by atoms with Crippen molar-refractivity contribution in [3.05, 3.63) is 35.6 Å². The summed E-state index contributed by atoms with van der Waals surface area (Å²) in [7, 11) is 0. The summed E-state index contributed by atoms with van der Waals surface area (Å²) in [5.41, 5.74) is 0.920. The highest BCUT2D eigenvalue weighted by molar-refractivity contribution is 5.78. The van der Waals surface area contributed by atoms with Crippen LogP contribution in [0.15, 0.2) is 24.3 Å². The Labute approximate surface area is 102 Å². The van der Waals surface area contributed by atoms with Gasteiger partial charge in [0, 0.05) is 5.92 Å². The molecule has 1 aromatic carbocycles. The Morgan fingerprint density at radius 2 is 1.88 bits per heavy atom. The van der Waals surface area contributed by atoms with Crippen molar-refractivity contribution in [1.29, 1.82) is 0 Å². The van der Waals surface area contributed by atoms with Gasteiger partial charge in [0.2, 0.25) is 5.91 Å². The highest BCUT2D eigenvalue weighted by Crippen LogP contribution is 2.14. The average molecular weight is 237 g/mol. The van der Waals surface area contributed by atoms with E-state index in [0.29, 0.717) is 0 Å². The molecule has 1 rings (SSSR count). The summed E-state index contributed by atoms with van der Waals surface area (Å²) in [5, 5.41) is 2.94. The van der Waals surface area contributed by atoms with E-state index < -0.39 is 0 Å². The summed E-state index contributed by atoms with van der Waals surface area (Å²) < 4.78 is 12.8. The van der Waals surface area contributed by atoms with E-state index in [1.165, 1.54) is 12.1 Å². The highest BCUT2D eigenvalue weighted by Gasteiger charge is 2.15. The Morgan fingerprint density at radius 3 is 2.41 bits per heavy atom. The minimum absolute atomic E-state index is 0.0305. The lowest BCUT2D eigenvalue weighted by Crippen LogP contribution is -2.31. The van der Waals surface area contributed by atoms with Gasteiger partial charge in [0.25, 0.3) is 0 Å². The first-order chi connectivity index (χ1) is 8.04. The van der Waals surface area contributed by atoms with Crippen molar-refractivity contribution in [2.75, 3.05) is 0 Å². The van der Waals surface area contributed by atoms with Gasteiger partial charge in [0.1, 0.15) is 5.82 Å². The van der Waals surface area contributed by atoms with Crippen molar-refractivity contribution in [2.24, 2.45) is 5.92 Å². The SMILES string of the molecule is CCCC(C)C(=O)NC(C)c1ccc(F)cc1. The number of amides is 1. The van der Waals surface area contributed by atoms with Gasteiger partial charge in [-0.1, -0.05) is 32.4 Å². The molecular weight excluding hydrogens is 217 g/mol. The van der Waals surface area contributed by atoms with Crippen LogP contribution in [0.2, 0.25) is 0 Å². The zero-order valence-electron chi connectivity index (χ0n) is 10.7. The van der Waals surface area contributed by atoms with Gasteiger partial charge in [-0.2, -0.15) is 0 Å². The van der Waals surface area contributed by atoms with Crippen molar-refractivity contribution < 1.29 is 9.18 Å². The van der Waals surface area contributed by atoms with Crippen molar-refractivity contribution in [3.63, 3.8) is 0 Å². The van der Waals surface area contributed by atoms with Gasteiger partial charge in [0.05, 0.1) is 6.04 Å². The molecule has 1 N–H and O–H groups in total. The van der Waals surface area contributed by atoms with Crippen LogP contribution in [0.4, 0.5) is 4.39 Å². The molecule has 0 aliphatic carbocycles. The molecule has 0 aliphatic rings. The largest absolute Gasteiger partial charge is 0.349 e. The molecule has 1 aromatic rings. The molecule has 0 aliphatic heterocycles. The predicted molar refractivity (Wildman–Crippen MR) is 67.0 cm³/mol. The van der Waals surface area contributed by atoms with Crippen LogP contribution in [0.3, 0.4) is 0 Å². The smallest absolute Gasteiger partial charge is 0.223 e. The van der Waals surface area contributed by atoms with E-state index in [-0.39, 0.29) is 23.7 Å². The third-order valence-corrected chi connectivity index (χ3v) is 2.90. The molecule has 0 heterocycles. The van der Waals surface area contributed by atoms with Gasteiger partial charge in [-0.15, -0.1) is 0 Å². The second kappa shape index (κ2) is 6.38. The second-order valence-corrected chi connectivity index (χ2v) is 4.47. The van der Waals surface area contributed by atoms with E-state index in [0.717, 1.165) is 18.4 Å². The Hall–Kier alpha value is -1.38. The number of carbonyl (C=O) groups is 1. The fourth-order valence-corrected chi connectivity index (χ4v) is 1.75. The van der Waals surface area contributed by atoms with Crippen molar-refractivity contribution in [1.82, 2.24) is 5.32 Å². The molecule has 17 heavy (non-hydrogen) atoms. The van der Waals surface area contributed by atoms with Gasteiger partial charge in [0.15, 0.2) is 0 Å². The van der Waals surface area contributed by atoms with Gasteiger partial charge in [-0.05, 0) is 31.0 Å². The Morgan fingerprint density at radius 1 is 1.29 bits per heavy atom. The normalized spacial score (nSPS) is 14.1. The van der Waals surface area contributed by atoms with Gasteiger partial charge < -0.3 is 5.32 Å². The van der Waals surface area contributed by atoms with E-state index in [1.54, 1.807) is 12.1 Å². The van der Waals surface area contributed by atoms with Gasteiger partial charge >= 0.3 is 0 Å². The molecule has 0 radical (unpaired) electrons. The third kappa shape index (κ3) is 4.17. The lowest BCUT2D eigenvalue weighted by molar-refractivity contribution is -0.125. The zero-order chi connectivity index (χ0) is 12.8. The first-order valence-electron chi connectivity index (χ1n) is 6.10. The maximum absolute atomic E-state index is 12.8. The van der Waals surface area contributed by atoms with Crippen LogP contribution in [-0.2, 0) is 4.79 Å². The molecule has 0 bridgehead atoms. The fourth-order valence-electron chi connectivity index (χ4n) is 1.75. The summed E-state index contributed by atoms with van der Waals surface area (Å²) in [6.45, 7) is 5.90. The Kier molecular flexibility index (Phi) is 5.13. The first kappa shape index (κ1) is 13.7. The number of benzene rings is 1. The fraction of sp³-hybridized carbons (Fsp3) is 0.500. The van der Waals surface area contributed by atoms with Crippen LogP contribution in [-0.4, -0.2) is 5.91 Å². The molecule has 94 valence electrons. The first-order valence-corrected chi connectivity index (χ1v) is 6.10. The molecule has 0 spiro atoms. The molecule has 1 amide bonds. The Bertz CT molecular complexity index is 361. The number of carbonyl (C=O) groups excluding carboxylic acids is 1. The minimum Gasteiger partial charge on any atom is -0.349 e. The summed E-state index contributed by atoms with van der Waals surface area (Å²) in [6.07, 6.45) is 1.89. The van der Waals surface area contributed by atoms with Crippen molar-refractivity contribution >= 4 is 5.91 Å². The van der Waals surface area contributed by atoms with E-state index in [1.807, 2.05) is 13.8 Å². The van der Waals surface area contributed by atoms with Crippen LogP contribution in [0.25, 0.3) is 0 Å². The molecule has 2 nitrogen and oxygen atoms in total. The molecule has 3 heteroatoms. The van der Waals surface area contributed by atoms with Crippen LogP contribution < -0.4 is 5.32 Å². The number of hydrogen-bond donors (Lipinski definition) is 1. The topological polar surface area (TPSA) is 29.1 Å². The highest BCUT2D eigenvalue weighted by atomic mass is 19.1. The van der Waals surface area contributed by atoms with Crippen LogP contribution in [0.1, 0.15) is 45.2 Å². The molecule has 0 fully saturated rings. The van der Waals surface area contributed by atoms with E-state index in [9.17, 15) is 9.18 Å². The zero-order valence-corrected chi connectivity index (χ0v) is 10.7. The van der Waals surface area contributed by atoms with Crippen LogP contribution in [0, 0.1) is 11.7 Å². The summed E-state index contributed by atoms with van der Waals surface area (Å²) in [4.78, 5) is 11.8. The molecule has 2 atom stereocenters. The predicted octanol–water partition coefficient (Wildman–Crippen LogP) is 3.44. The number of nitrogens with one attached hydrogen (secondary N) is 1. The third-order valence-electron chi connectivity index (χ3n) is 2.90. The minimum atomic E-state index is -0.258. The standard InChI is InChI=1S/C14H20FNO/c1-4-5-10(2)14(17)16-11(3)12-6-8-13(15)9-7-12/h6-11H,4-5H2,1-3H3,(H,16,17). The van der Waals surface area contributed by atoms with Gasteiger partial charge in [-0.3, -0.25) is 4.79 Å². The van der Waals surface area contributed by atoms with E-state index in [2.05, 4.69) is 12.2 Å². The maximum atomic E-state index is 12.8. The average Bonchev–Trinajstić information content (AvgIpc) is 2.30. The van der Waals surface area contributed by atoms with E-state index in [4.69, 9.17) is 0 Å². The van der Waals surface area contributed by atoms with Crippen molar-refractivity contribution in [2.45, 2.75) is 39.7 Å². The lowest BCUT2D eigenvalue weighted by atomic mass is 10.0. The second-order valence-electron chi connectivity index (χ2n) is 4.47. The maximum Gasteiger partial charge on any atom is 0.223 e. The molecular formula is C14H20FNO. The van der Waals surface area contributed by atoms with Crippen molar-refractivity contribution in [3.8, 4) is 0 Å². The summed E-state index contributed by atoms with van der Waals surface area (Å²) in [6, 6.07) is 6.14. The van der Waals surface area contributed by atoms with E-state index >= 15 is 0 Å². The summed E-state index contributed by atoms with van der Waals surface area (Å²) in [5.74, 6) is -0.168. The molecule has 0 saturated heterocycles. The number of rotatable bonds is 5. The van der Waals surface area contributed by atoms with Gasteiger partial charge in [-0.25, -0.2) is 4.39 Å². The number of halogens is 1. The quantitative estimate of drug-likeness (QED) is 0.835. The van der Waals surface area contributed by atoms with Crippen LogP contribution >= 0.6 is 0 Å². The monoisotopic (exact) mass is 237 g/mol. The van der Waals surface area contributed by atoms with Crippen LogP contribution in [0.5, 0.6) is 0 Å². The molecule has 2 unspecified atom stereocenters.